The molecular formula is C12H19F3N2O. The summed E-state index contributed by atoms with van der Waals surface area (Å²) in [6, 6.07) is 0. The molecule has 1 saturated heterocycles. The lowest BCUT2D eigenvalue weighted by Gasteiger charge is -2.21. The van der Waals surface area contributed by atoms with Gasteiger partial charge >= 0.3 is 6.18 Å². The Kier molecular flexibility index (Phi) is 3.84. The van der Waals surface area contributed by atoms with Gasteiger partial charge in [-0.05, 0) is 25.7 Å². The summed E-state index contributed by atoms with van der Waals surface area (Å²) in [4.78, 5) is 13.8. The van der Waals surface area contributed by atoms with Gasteiger partial charge in [0, 0.05) is 13.0 Å². The van der Waals surface area contributed by atoms with Gasteiger partial charge in [-0.25, -0.2) is 0 Å². The highest BCUT2D eigenvalue weighted by Crippen LogP contribution is 2.34. The average Bonchev–Trinajstić information content (AvgIpc) is 2.86. The van der Waals surface area contributed by atoms with Gasteiger partial charge in [0.1, 0.15) is 0 Å². The van der Waals surface area contributed by atoms with E-state index in [1.54, 1.807) is 4.90 Å². The standard InChI is InChI=1S/C12H19F3N2O/c13-12(14,15)7-3-4-8-17-9-16-11(10(17)18)5-1-2-6-11/h16H,1-9H2. The molecule has 0 atom stereocenters. The second-order valence-electron chi connectivity index (χ2n) is 5.26. The maximum atomic E-state index is 12.2. The minimum absolute atomic E-state index is 0.0898. The first-order chi connectivity index (χ1) is 8.43. The van der Waals surface area contributed by atoms with Crippen LogP contribution in [0, 0.1) is 0 Å². The Morgan fingerprint density at radius 3 is 2.50 bits per heavy atom. The number of hydrogen-bond acceptors (Lipinski definition) is 2. The molecule has 1 heterocycles. The Morgan fingerprint density at radius 2 is 1.89 bits per heavy atom. The summed E-state index contributed by atoms with van der Waals surface area (Å²) in [7, 11) is 0. The number of unbranched alkanes of at least 4 members (excludes halogenated alkanes) is 1. The number of amides is 1. The quantitative estimate of drug-likeness (QED) is 0.791. The second kappa shape index (κ2) is 5.07. The van der Waals surface area contributed by atoms with Crippen molar-refractivity contribution in [1.29, 1.82) is 0 Å². The molecule has 18 heavy (non-hydrogen) atoms. The van der Waals surface area contributed by atoms with Gasteiger partial charge in [0.15, 0.2) is 0 Å². The van der Waals surface area contributed by atoms with Gasteiger partial charge < -0.3 is 4.90 Å². The van der Waals surface area contributed by atoms with Crippen molar-refractivity contribution < 1.29 is 18.0 Å². The fourth-order valence-corrected chi connectivity index (χ4v) is 2.87. The highest BCUT2D eigenvalue weighted by Gasteiger charge is 2.47. The van der Waals surface area contributed by atoms with Crippen LogP contribution in [0.4, 0.5) is 13.2 Å². The van der Waals surface area contributed by atoms with Gasteiger partial charge in [0.25, 0.3) is 0 Å². The number of halogens is 3. The molecule has 2 fully saturated rings. The van der Waals surface area contributed by atoms with E-state index < -0.39 is 12.6 Å². The minimum atomic E-state index is -4.08. The molecular weight excluding hydrogens is 245 g/mol. The molecule has 0 radical (unpaired) electrons. The molecule has 1 aliphatic carbocycles. The smallest absolute Gasteiger partial charge is 0.328 e. The van der Waals surface area contributed by atoms with Gasteiger partial charge in [-0.3, -0.25) is 10.1 Å². The molecule has 104 valence electrons. The van der Waals surface area contributed by atoms with Crippen LogP contribution in [0.1, 0.15) is 44.9 Å². The van der Waals surface area contributed by atoms with E-state index in [-0.39, 0.29) is 17.9 Å². The second-order valence-corrected chi connectivity index (χ2v) is 5.26. The van der Waals surface area contributed by atoms with Gasteiger partial charge in [-0.2, -0.15) is 13.2 Å². The van der Waals surface area contributed by atoms with E-state index >= 15 is 0 Å². The zero-order valence-corrected chi connectivity index (χ0v) is 10.4. The SMILES string of the molecule is O=C1N(CCCCC(F)(F)F)CNC12CCCC2. The van der Waals surface area contributed by atoms with E-state index in [0.29, 0.717) is 19.6 Å². The number of alkyl halides is 3. The Bertz CT molecular complexity index is 311. The molecule has 1 spiro atoms. The van der Waals surface area contributed by atoms with Crippen molar-refractivity contribution >= 4 is 5.91 Å². The zero-order valence-electron chi connectivity index (χ0n) is 10.4. The first-order valence-corrected chi connectivity index (χ1v) is 6.54. The molecule has 1 aliphatic heterocycles. The van der Waals surface area contributed by atoms with Crippen molar-refractivity contribution in [3.8, 4) is 0 Å². The average molecular weight is 264 g/mol. The number of nitrogens with zero attached hydrogens (tertiary/aromatic N) is 1. The van der Waals surface area contributed by atoms with Crippen molar-refractivity contribution in [2.45, 2.75) is 56.7 Å². The number of carbonyl (C=O) groups excluding carboxylic acids is 1. The van der Waals surface area contributed by atoms with E-state index in [1.807, 2.05) is 0 Å². The van der Waals surface area contributed by atoms with Crippen LogP contribution in [0.15, 0.2) is 0 Å². The van der Waals surface area contributed by atoms with E-state index in [1.165, 1.54) is 0 Å². The van der Waals surface area contributed by atoms with E-state index in [9.17, 15) is 18.0 Å². The maximum Gasteiger partial charge on any atom is 0.389 e. The third kappa shape index (κ3) is 2.96. The van der Waals surface area contributed by atoms with Gasteiger partial charge in [0.2, 0.25) is 5.91 Å². The normalized spacial score (nSPS) is 23.3. The number of carbonyl (C=O) groups is 1. The van der Waals surface area contributed by atoms with E-state index in [2.05, 4.69) is 5.32 Å². The lowest BCUT2D eigenvalue weighted by atomic mass is 9.98. The van der Waals surface area contributed by atoms with E-state index in [4.69, 9.17) is 0 Å². The molecule has 0 aromatic rings. The van der Waals surface area contributed by atoms with E-state index in [0.717, 1.165) is 25.7 Å². The molecule has 1 N–H and O–H groups in total. The van der Waals surface area contributed by atoms with Crippen molar-refractivity contribution in [2.24, 2.45) is 0 Å². The summed E-state index contributed by atoms with van der Waals surface area (Å²) in [5.41, 5.74) is -0.385. The Morgan fingerprint density at radius 1 is 1.22 bits per heavy atom. The molecule has 0 bridgehead atoms. The molecule has 6 heteroatoms. The van der Waals surface area contributed by atoms with Gasteiger partial charge in [0.05, 0.1) is 12.2 Å². The van der Waals surface area contributed by atoms with Crippen molar-refractivity contribution in [2.75, 3.05) is 13.2 Å². The van der Waals surface area contributed by atoms with Crippen LogP contribution in [0.3, 0.4) is 0 Å². The first-order valence-electron chi connectivity index (χ1n) is 6.54. The summed E-state index contributed by atoms with van der Waals surface area (Å²) >= 11 is 0. The van der Waals surface area contributed by atoms with Crippen LogP contribution in [0.2, 0.25) is 0 Å². The zero-order chi connectivity index (χ0) is 13.2. The molecule has 2 rings (SSSR count). The Labute approximate surface area is 105 Å². The summed E-state index contributed by atoms with van der Waals surface area (Å²) in [6.07, 6.45) is -0.478. The van der Waals surface area contributed by atoms with Crippen molar-refractivity contribution in [3.63, 3.8) is 0 Å². The number of hydrogen-bond donors (Lipinski definition) is 1. The van der Waals surface area contributed by atoms with Crippen molar-refractivity contribution in [3.05, 3.63) is 0 Å². The molecule has 2 aliphatic rings. The fourth-order valence-electron chi connectivity index (χ4n) is 2.87. The first kappa shape index (κ1) is 13.6. The molecule has 1 saturated carbocycles. The number of rotatable bonds is 4. The maximum absolute atomic E-state index is 12.2. The molecule has 0 unspecified atom stereocenters. The Hall–Kier alpha value is -0.780. The molecule has 1 amide bonds. The van der Waals surface area contributed by atoms with Crippen LogP contribution in [-0.4, -0.2) is 35.7 Å². The lowest BCUT2D eigenvalue weighted by Crippen LogP contribution is -2.43. The highest BCUT2D eigenvalue weighted by molar-refractivity contribution is 5.88. The fraction of sp³-hybridized carbons (Fsp3) is 0.917. The number of nitrogens with one attached hydrogen (secondary N) is 1. The van der Waals surface area contributed by atoms with Gasteiger partial charge in [-0.1, -0.05) is 12.8 Å². The van der Waals surface area contributed by atoms with Crippen LogP contribution in [0.5, 0.6) is 0 Å². The van der Waals surface area contributed by atoms with Crippen LogP contribution in [-0.2, 0) is 4.79 Å². The van der Waals surface area contributed by atoms with Crippen molar-refractivity contribution in [1.82, 2.24) is 10.2 Å². The third-order valence-corrected chi connectivity index (χ3v) is 3.90. The summed E-state index contributed by atoms with van der Waals surface area (Å²) in [6.45, 7) is 0.925. The largest absolute Gasteiger partial charge is 0.389 e. The topological polar surface area (TPSA) is 32.3 Å². The van der Waals surface area contributed by atoms with Crippen LogP contribution < -0.4 is 5.32 Å². The summed E-state index contributed by atoms with van der Waals surface area (Å²) < 4.78 is 35.9. The summed E-state index contributed by atoms with van der Waals surface area (Å²) in [5, 5.41) is 3.24. The molecule has 3 nitrogen and oxygen atoms in total. The van der Waals surface area contributed by atoms with Crippen LogP contribution in [0.25, 0.3) is 0 Å². The lowest BCUT2D eigenvalue weighted by molar-refractivity contribution is -0.136. The third-order valence-electron chi connectivity index (χ3n) is 3.90. The summed E-state index contributed by atoms with van der Waals surface area (Å²) in [5.74, 6) is 0.0898. The van der Waals surface area contributed by atoms with Crippen LogP contribution >= 0.6 is 0 Å². The van der Waals surface area contributed by atoms with Gasteiger partial charge in [-0.15, -0.1) is 0 Å². The highest BCUT2D eigenvalue weighted by atomic mass is 19.4. The Balaban J connectivity index is 1.73. The predicted octanol–water partition coefficient (Wildman–Crippen LogP) is 2.42. The molecule has 0 aromatic heterocycles. The predicted molar refractivity (Wildman–Crippen MR) is 60.8 cm³/mol. The monoisotopic (exact) mass is 264 g/mol. The molecule has 0 aromatic carbocycles. The minimum Gasteiger partial charge on any atom is -0.328 e.